The van der Waals surface area contributed by atoms with Crippen LogP contribution in [0.1, 0.15) is 5.56 Å². The van der Waals surface area contributed by atoms with E-state index in [0.29, 0.717) is 5.69 Å². The fourth-order valence-corrected chi connectivity index (χ4v) is 1.89. The molecule has 0 saturated heterocycles. The molecule has 0 radical (unpaired) electrons. The van der Waals surface area contributed by atoms with E-state index in [1.807, 2.05) is 24.3 Å². The standard InChI is InChI=1S/C16H16N2O3/c19-15(20)14(11-12-7-3-1-4-8-12)18-16(21)17-13-9-5-2-6-10-13/h1-10,14H,11H2,(H,19,20)(H2,17,18,21)/p-1/t14-/m1/s1. The van der Waals surface area contributed by atoms with Crippen molar-refractivity contribution in [3.8, 4) is 0 Å². The van der Waals surface area contributed by atoms with Gasteiger partial charge in [0.15, 0.2) is 0 Å². The topological polar surface area (TPSA) is 81.3 Å². The predicted molar refractivity (Wildman–Crippen MR) is 77.5 cm³/mol. The summed E-state index contributed by atoms with van der Waals surface area (Å²) in [7, 11) is 0. The molecular weight excluding hydrogens is 268 g/mol. The molecule has 0 spiro atoms. The molecule has 2 aromatic carbocycles. The van der Waals surface area contributed by atoms with Crippen molar-refractivity contribution in [2.45, 2.75) is 12.5 Å². The maximum absolute atomic E-state index is 11.8. The number of para-hydroxylation sites is 1. The molecule has 0 aliphatic carbocycles. The Kier molecular flexibility index (Phi) is 4.93. The zero-order valence-electron chi connectivity index (χ0n) is 11.3. The molecule has 2 N–H and O–H groups in total. The quantitative estimate of drug-likeness (QED) is 0.864. The first-order valence-electron chi connectivity index (χ1n) is 6.52. The lowest BCUT2D eigenvalue weighted by Gasteiger charge is -2.20. The number of anilines is 1. The maximum atomic E-state index is 11.8. The molecular formula is C16H15N2O3-. The van der Waals surface area contributed by atoms with Crippen molar-refractivity contribution in [3.63, 3.8) is 0 Å². The number of urea groups is 1. The maximum Gasteiger partial charge on any atom is 0.319 e. The van der Waals surface area contributed by atoms with E-state index < -0.39 is 18.0 Å². The third-order valence-electron chi connectivity index (χ3n) is 2.90. The molecule has 108 valence electrons. The molecule has 0 unspecified atom stereocenters. The lowest BCUT2D eigenvalue weighted by atomic mass is 10.1. The molecule has 21 heavy (non-hydrogen) atoms. The third kappa shape index (κ3) is 4.65. The van der Waals surface area contributed by atoms with Gasteiger partial charge in [0, 0.05) is 5.69 Å². The second-order valence-electron chi connectivity index (χ2n) is 4.53. The molecule has 0 bridgehead atoms. The van der Waals surface area contributed by atoms with E-state index in [0.717, 1.165) is 5.56 Å². The van der Waals surface area contributed by atoms with Crippen LogP contribution < -0.4 is 15.7 Å². The Morgan fingerprint density at radius 2 is 1.52 bits per heavy atom. The highest BCUT2D eigenvalue weighted by atomic mass is 16.4. The average Bonchev–Trinajstić information content (AvgIpc) is 2.48. The minimum absolute atomic E-state index is 0.172. The summed E-state index contributed by atoms with van der Waals surface area (Å²) in [6.07, 6.45) is 0.172. The molecule has 5 nitrogen and oxygen atoms in total. The highest BCUT2D eigenvalue weighted by Crippen LogP contribution is 2.06. The van der Waals surface area contributed by atoms with Gasteiger partial charge in [0.05, 0.1) is 12.0 Å². The number of amides is 2. The summed E-state index contributed by atoms with van der Waals surface area (Å²) in [4.78, 5) is 22.9. The highest BCUT2D eigenvalue weighted by Gasteiger charge is 2.14. The first-order valence-corrected chi connectivity index (χ1v) is 6.52. The number of hydrogen-bond donors (Lipinski definition) is 2. The molecule has 2 aromatic rings. The van der Waals surface area contributed by atoms with Crippen LogP contribution in [0.2, 0.25) is 0 Å². The molecule has 1 atom stereocenters. The van der Waals surface area contributed by atoms with Gasteiger partial charge in [-0.25, -0.2) is 4.79 Å². The number of rotatable bonds is 5. The Labute approximate surface area is 122 Å². The molecule has 0 saturated carbocycles. The molecule has 2 amide bonds. The molecule has 5 heteroatoms. The number of nitrogens with one attached hydrogen (secondary N) is 2. The molecule has 2 rings (SSSR count). The van der Waals surface area contributed by atoms with E-state index in [2.05, 4.69) is 10.6 Å². The second kappa shape index (κ2) is 7.09. The third-order valence-corrected chi connectivity index (χ3v) is 2.90. The van der Waals surface area contributed by atoms with Crippen LogP contribution in [0.25, 0.3) is 0 Å². The van der Waals surface area contributed by atoms with Gasteiger partial charge >= 0.3 is 6.03 Å². The summed E-state index contributed by atoms with van der Waals surface area (Å²) in [5, 5.41) is 16.1. The van der Waals surface area contributed by atoms with Gasteiger partial charge in [0.25, 0.3) is 0 Å². The zero-order valence-corrected chi connectivity index (χ0v) is 11.3. The number of carboxylic acid groups (broad SMARTS) is 1. The Morgan fingerprint density at radius 3 is 2.10 bits per heavy atom. The summed E-state index contributed by atoms with van der Waals surface area (Å²) in [5.74, 6) is -1.32. The largest absolute Gasteiger partial charge is 0.548 e. The number of hydrogen-bond acceptors (Lipinski definition) is 3. The Hall–Kier alpha value is -2.82. The van der Waals surface area contributed by atoms with Gasteiger partial charge in [-0.05, 0) is 24.1 Å². The average molecular weight is 283 g/mol. The lowest BCUT2D eigenvalue weighted by molar-refractivity contribution is -0.308. The molecule has 0 aromatic heterocycles. The van der Waals surface area contributed by atoms with Gasteiger partial charge in [-0.2, -0.15) is 0 Å². The Bertz CT molecular complexity index is 599. The molecule has 0 aliphatic heterocycles. The number of carboxylic acids is 1. The first-order chi connectivity index (χ1) is 10.1. The van der Waals surface area contributed by atoms with Gasteiger partial charge in [-0.1, -0.05) is 48.5 Å². The van der Waals surface area contributed by atoms with Crippen LogP contribution >= 0.6 is 0 Å². The summed E-state index contributed by atoms with van der Waals surface area (Å²) < 4.78 is 0. The normalized spacial score (nSPS) is 11.4. The predicted octanol–water partition coefficient (Wildman–Crippen LogP) is 1.17. The fourth-order valence-electron chi connectivity index (χ4n) is 1.89. The van der Waals surface area contributed by atoms with Crippen LogP contribution in [-0.2, 0) is 11.2 Å². The summed E-state index contributed by atoms with van der Waals surface area (Å²) >= 11 is 0. The number of aliphatic carboxylic acids is 1. The number of carbonyl (C=O) groups excluding carboxylic acids is 2. The van der Waals surface area contributed by atoms with Crippen LogP contribution in [0.5, 0.6) is 0 Å². The Morgan fingerprint density at radius 1 is 0.952 bits per heavy atom. The monoisotopic (exact) mass is 283 g/mol. The van der Waals surface area contributed by atoms with Crippen molar-refractivity contribution in [2.75, 3.05) is 5.32 Å². The van der Waals surface area contributed by atoms with Crippen LogP contribution in [0.3, 0.4) is 0 Å². The number of benzene rings is 2. The minimum Gasteiger partial charge on any atom is -0.548 e. The van der Waals surface area contributed by atoms with Crippen molar-refractivity contribution in [1.82, 2.24) is 5.32 Å². The van der Waals surface area contributed by atoms with E-state index in [-0.39, 0.29) is 6.42 Å². The summed E-state index contributed by atoms with van der Waals surface area (Å²) in [6.45, 7) is 0. The molecule has 0 aliphatic rings. The second-order valence-corrected chi connectivity index (χ2v) is 4.53. The highest BCUT2D eigenvalue weighted by molar-refractivity contribution is 5.92. The molecule has 0 heterocycles. The van der Waals surface area contributed by atoms with Gasteiger partial charge in [-0.15, -0.1) is 0 Å². The van der Waals surface area contributed by atoms with E-state index >= 15 is 0 Å². The minimum atomic E-state index is -1.32. The van der Waals surface area contributed by atoms with E-state index in [4.69, 9.17) is 0 Å². The van der Waals surface area contributed by atoms with E-state index in [9.17, 15) is 14.7 Å². The van der Waals surface area contributed by atoms with Gasteiger partial charge in [-0.3, -0.25) is 0 Å². The van der Waals surface area contributed by atoms with Crippen molar-refractivity contribution in [3.05, 3.63) is 66.2 Å². The molecule has 0 fully saturated rings. The van der Waals surface area contributed by atoms with E-state index in [1.165, 1.54) is 0 Å². The first kappa shape index (κ1) is 14.6. The van der Waals surface area contributed by atoms with Crippen LogP contribution in [0.15, 0.2) is 60.7 Å². The summed E-state index contributed by atoms with van der Waals surface area (Å²) in [6, 6.07) is 16.2. The van der Waals surface area contributed by atoms with Crippen LogP contribution in [-0.4, -0.2) is 18.0 Å². The van der Waals surface area contributed by atoms with Gasteiger partial charge in [0.2, 0.25) is 0 Å². The van der Waals surface area contributed by atoms with Gasteiger partial charge in [0.1, 0.15) is 0 Å². The van der Waals surface area contributed by atoms with Crippen molar-refractivity contribution in [1.29, 1.82) is 0 Å². The Balaban J connectivity index is 1.96. The van der Waals surface area contributed by atoms with E-state index in [1.54, 1.807) is 36.4 Å². The van der Waals surface area contributed by atoms with Crippen molar-refractivity contribution >= 4 is 17.7 Å². The smallest absolute Gasteiger partial charge is 0.319 e. The van der Waals surface area contributed by atoms with Crippen molar-refractivity contribution < 1.29 is 14.7 Å². The zero-order chi connectivity index (χ0) is 15.1. The lowest BCUT2D eigenvalue weighted by Crippen LogP contribution is -2.50. The fraction of sp³-hybridized carbons (Fsp3) is 0.125. The van der Waals surface area contributed by atoms with Crippen molar-refractivity contribution in [2.24, 2.45) is 0 Å². The number of carbonyl (C=O) groups is 2. The van der Waals surface area contributed by atoms with Crippen LogP contribution in [0, 0.1) is 0 Å². The SMILES string of the molecule is O=C(Nc1ccccc1)N[C@H](Cc1ccccc1)C(=O)[O-]. The summed E-state index contributed by atoms with van der Waals surface area (Å²) in [5.41, 5.74) is 1.40. The van der Waals surface area contributed by atoms with Gasteiger partial charge < -0.3 is 20.5 Å². The van der Waals surface area contributed by atoms with Crippen LogP contribution in [0.4, 0.5) is 10.5 Å².